The second-order valence-corrected chi connectivity index (χ2v) is 7.49. The van der Waals surface area contributed by atoms with Crippen LogP contribution in [-0.4, -0.2) is 52.8 Å². The maximum atomic E-state index is 12.7. The van der Waals surface area contributed by atoms with Crippen LogP contribution in [0.25, 0.3) is 6.08 Å². The standard InChI is InChI=1S/C22H20N2O7S/c1-2-30-16-9-7-15(8-10-16)23-19(25)12-24-21(28)18(32-22(24)29)11-14-5-3-4-6-17(14)31-13-20(26)27/h3-11H,2,12-13H2,1H3,(H,23,25)(H,26,27)/b18-11+. The first kappa shape index (κ1) is 22.9. The summed E-state index contributed by atoms with van der Waals surface area (Å²) < 4.78 is 10.6. The number of carboxylic acids is 1. The van der Waals surface area contributed by atoms with E-state index in [0.717, 1.165) is 4.90 Å². The molecule has 10 heteroatoms. The van der Waals surface area contributed by atoms with Crippen LogP contribution in [0.3, 0.4) is 0 Å². The van der Waals surface area contributed by atoms with Crippen molar-refractivity contribution in [1.29, 1.82) is 0 Å². The van der Waals surface area contributed by atoms with Gasteiger partial charge in [0.15, 0.2) is 6.61 Å². The number of thioether (sulfide) groups is 1. The number of carbonyl (C=O) groups is 4. The molecular formula is C22H20N2O7S. The first-order chi connectivity index (χ1) is 15.4. The van der Waals surface area contributed by atoms with E-state index in [1.807, 2.05) is 6.92 Å². The van der Waals surface area contributed by atoms with Crippen molar-refractivity contribution in [2.45, 2.75) is 6.92 Å². The minimum atomic E-state index is -1.14. The molecule has 1 fully saturated rings. The summed E-state index contributed by atoms with van der Waals surface area (Å²) in [6, 6.07) is 13.2. The number of hydrogen-bond acceptors (Lipinski definition) is 7. The number of ether oxygens (including phenoxy) is 2. The zero-order chi connectivity index (χ0) is 23.1. The van der Waals surface area contributed by atoms with Crippen molar-refractivity contribution in [2.24, 2.45) is 0 Å². The summed E-state index contributed by atoms with van der Waals surface area (Å²) in [6.07, 6.45) is 1.44. The molecule has 166 valence electrons. The van der Waals surface area contributed by atoms with Gasteiger partial charge < -0.3 is 19.9 Å². The van der Waals surface area contributed by atoms with Crippen LogP contribution in [0, 0.1) is 0 Å². The van der Waals surface area contributed by atoms with Gasteiger partial charge in [-0.1, -0.05) is 18.2 Å². The number of carboxylic acid groups (broad SMARTS) is 1. The normalized spacial score (nSPS) is 14.5. The minimum absolute atomic E-state index is 0.107. The number of benzene rings is 2. The minimum Gasteiger partial charge on any atom is -0.494 e. The Kier molecular flexibility index (Phi) is 7.50. The van der Waals surface area contributed by atoms with Gasteiger partial charge in [0, 0.05) is 11.3 Å². The number of hydrogen-bond donors (Lipinski definition) is 2. The third kappa shape index (κ3) is 5.88. The molecule has 0 bridgehead atoms. The molecule has 1 aliphatic heterocycles. The fourth-order valence-electron chi connectivity index (χ4n) is 2.79. The summed E-state index contributed by atoms with van der Waals surface area (Å²) in [5, 5.41) is 10.9. The largest absolute Gasteiger partial charge is 0.494 e. The van der Waals surface area contributed by atoms with E-state index in [1.165, 1.54) is 6.08 Å². The molecule has 9 nitrogen and oxygen atoms in total. The van der Waals surface area contributed by atoms with Gasteiger partial charge in [0.25, 0.3) is 11.1 Å². The van der Waals surface area contributed by atoms with E-state index >= 15 is 0 Å². The Morgan fingerprint density at radius 2 is 1.81 bits per heavy atom. The van der Waals surface area contributed by atoms with Crippen molar-refractivity contribution in [1.82, 2.24) is 4.90 Å². The molecule has 0 aromatic heterocycles. The highest BCUT2D eigenvalue weighted by molar-refractivity contribution is 8.18. The molecule has 32 heavy (non-hydrogen) atoms. The van der Waals surface area contributed by atoms with Gasteiger partial charge in [-0.2, -0.15) is 0 Å². The molecule has 0 unspecified atom stereocenters. The summed E-state index contributed by atoms with van der Waals surface area (Å²) in [7, 11) is 0. The third-order valence-electron chi connectivity index (χ3n) is 4.18. The van der Waals surface area contributed by atoms with Gasteiger partial charge in [0.05, 0.1) is 11.5 Å². The predicted octanol–water partition coefficient (Wildman–Crippen LogP) is 3.22. The summed E-state index contributed by atoms with van der Waals surface area (Å²) in [4.78, 5) is 49.1. The molecular weight excluding hydrogens is 436 g/mol. The Balaban J connectivity index is 1.67. The first-order valence-corrected chi connectivity index (χ1v) is 10.4. The number of carbonyl (C=O) groups excluding carboxylic acids is 3. The summed E-state index contributed by atoms with van der Waals surface area (Å²) in [5.74, 6) is -1.36. The highest BCUT2D eigenvalue weighted by Gasteiger charge is 2.36. The van der Waals surface area contributed by atoms with Crippen molar-refractivity contribution in [3.05, 3.63) is 59.0 Å². The zero-order valence-corrected chi connectivity index (χ0v) is 17.9. The average Bonchev–Trinajstić information content (AvgIpc) is 3.02. The molecule has 0 saturated carbocycles. The molecule has 0 atom stereocenters. The number of para-hydroxylation sites is 1. The van der Waals surface area contributed by atoms with E-state index < -0.39 is 36.2 Å². The fourth-order valence-corrected chi connectivity index (χ4v) is 3.62. The smallest absolute Gasteiger partial charge is 0.341 e. The summed E-state index contributed by atoms with van der Waals surface area (Å²) in [6.45, 7) is 1.40. The Morgan fingerprint density at radius 1 is 1.09 bits per heavy atom. The first-order valence-electron chi connectivity index (χ1n) is 9.59. The van der Waals surface area contributed by atoms with E-state index in [0.29, 0.717) is 35.4 Å². The average molecular weight is 456 g/mol. The van der Waals surface area contributed by atoms with E-state index in [-0.39, 0.29) is 10.7 Å². The summed E-state index contributed by atoms with van der Waals surface area (Å²) >= 11 is 0.696. The van der Waals surface area contributed by atoms with Crippen LogP contribution in [-0.2, 0) is 14.4 Å². The van der Waals surface area contributed by atoms with Crippen LogP contribution < -0.4 is 14.8 Å². The number of aliphatic carboxylic acids is 1. The van der Waals surface area contributed by atoms with Crippen LogP contribution in [0.2, 0.25) is 0 Å². The van der Waals surface area contributed by atoms with Crippen molar-refractivity contribution in [3.8, 4) is 11.5 Å². The fraction of sp³-hybridized carbons (Fsp3) is 0.182. The number of nitrogens with zero attached hydrogens (tertiary/aromatic N) is 1. The maximum Gasteiger partial charge on any atom is 0.341 e. The molecule has 3 amide bonds. The zero-order valence-electron chi connectivity index (χ0n) is 17.1. The molecule has 0 aliphatic carbocycles. The number of amides is 3. The van der Waals surface area contributed by atoms with Gasteiger partial charge in [0.1, 0.15) is 18.0 Å². The van der Waals surface area contributed by atoms with Crippen molar-refractivity contribution in [3.63, 3.8) is 0 Å². The second kappa shape index (κ2) is 10.5. The van der Waals surface area contributed by atoms with Gasteiger partial charge in [-0.15, -0.1) is 0 Å². The van der Waals surface area contributed by atoms with Gasteiger partial charge >= 0.3 is 5.97 Å². The maximum absolute atomic E-state index is 12.7. The lowest BCUT2D eigenvalue weighted by Crippen LogP contribution is -2.36. The van der Waals surface area contributed by atoms with Gasteiger partial charge in [-0.05, 0) is 55.1 Å². The number of anilines is 1. The number of imide groups is 1. The van der Waals surface area contributed by atoms with Crippen LogP contribution in [0.15, 0.2) is 53.4 Å². The number of nitrogens with one attached hydrogen (secondary N) is 1. The Labute approximate surface area is 188 Å². The van der Waals surface area contributed by atoms with Crippen LogP contribution in [0.5, 0.6) is 11.5 Å². The van der Waals surface area contributed by atoms with Crippen molar-refractivity contribution < 1.29 is 33.8 Å². The topological polar surface area (TPSA) is 122 Å². The Bertz CT molecular complexity index is 1070. The lowest BCUT2D eigenvalue weighted by atomic mass is 10.2. The lowest BCUT2D eigenvalue weighted by Gasteiger charge is -2.13. The molecule has 2 N–H and O–H groups in total. The van der Waals surface area contributed by atoms with Crippen LogP contribution >= 0.6 is 11.8 Å². The third-order valence-corrected chi connectivity index (χ3v) is 5.09. The SMILES string of the molecule is CCOc1ccc(NC(=O)CN2C(=O)S/C(=C/c3ccccc3OCC(=O)O)C2=O)cc1. The van der Waals surface area contributed by atoms with Gasteiger partial charge in [-0.25, -0.2) is 4.79 Å². The highest BCUT2D eigenvalue weighted by Crippen LogP contribution is 2.34. The molecule has 3 rings (SSSR count). The van der Waals surface area contributed by atoms with E-state index in [2.05, 4.69) is 5.32 Å². The van der Waals surface area contributed by atoms with E-state index in [1.54, 1.807) is 48.5 Å². The number of rotatable bonds is 9. The molecule has 0 radical (unpaired) electrons. The molecule has 2 aromatic carbocycles. The van der Waals surface area contributed by atoms with E-state index in [4.69, 9.17) is 14.6 Å². The van der Waals surface area contributed by atoms with Gasteiger partial charge in [-0.3, -0.25) is 19.3 Å². The van der Waals surface area contributed by atoms with Crippen LogP contribution in [0.1, 0.15) is 12.5 Å². The highest BCUT2D eigenvalue weighted by atomic mass is 32.2. The van der Waals surface area contributed by atoms with E-state index in [9.17, 15) is 19.2 Å². The molecule has 0 spiro atoms. The van der Waals surface area contributed by atoms with Crippen LogP contribution in [0.4, 0.5) is 10.5 Å². The Hall–Kier alpha value is -3.79. The Morgan fingerprint density at radius 3 is 2.50 bits per heavy atom. The molecule has 1 aliphatic rings. The van der Waals surface area contributed by atoms with Gasteiger partial charge in [0.2, 0.25) is 5.91 Å². The quantitative estimate of drug-likeness (QED) is 0.552. The van der Waals surface area contributed by atoms with Crippen molar-refractivity contribution in [2.75, 3.05) is 25.1 Å². The monoisotopic (exact) mass is 456 g/mol. The lowest BCUT2D eigenvalue weighted by molar-refractivity contribution is -0.139. The molecule has 1 saturated heterocycles. The molecule has 1 heterocycles. The van der Waals surface area contributed by atoms with Crippen molar-refractivity contribution >= 4 is 46.5 Å². The summed E-state index contributed by atoms with van der Waals surface area (Å²) in [5.41, 5.74) is 0.948. The second-order valence-electron chi connectivity index (χ2n) is 6.49. The predicted molar refractivity (Wildman–Crippen MR) is 118 cm³/mol. The molecule has 2 aromatic rings.